The number of aliphatic hydroxyl groups is 4. The Morgan fingerprint density at radius 3 is 1.63 bits per heavy atom. The van der Waals surface area contributed by atoms with Crippen LogP contribution in [0.3, 0.4) is 0 Å². The fraction of sp³-hybridized carbons (Fsp3) is 1.00. The first-order valence-electron chi connectivity index (χ1n) is 13.9. The molecule has 8 nitrogen and oxygen atoms in total. The molecule has 0 aromatic rings. The lowest BCUT2D eigenvalue weighted by atomic mass is 10.0. The molecule has 1 saturated heterocycles. The summed E-state index contributed by atoms with van der Waals surface area (Å²) in [6.45, 7) is 7.83. The molecular formula is C26H53NO7S. The highest BCUT2D eigenvalue weighted by molar-refractivity contribution is 7.97. The van der Waals surface area contributed by atoms with Crippen LogP contribution in [0, 0.1) is 0 Å². The summed E-state index contributed by atoms with van der Waals surface area (Å²) < 4.78 is 19.4. The monoisotopic (exact) mass is 523 g/mol. The zero-order chi connectivity index (χ0) is 25.7. The van der Waals surface area contributed by atoms with Crippen LogP contribution in [-0.4, -0.2) is 101 Å². The molecule has 0 saturated carbocycles. The molecule has 0 amide bonds. The largest absolute Gasteiger partial charge is 0.394 e. The van der Waals surface area contributed by atoms with E-state index in [0.717, 1.165) is 26.1 Å². The third-order valence-electron chi connectivity index (χ3n) is 6.36. The van der Waals surface area contributed by atoms with E-state index in [-0.39, 0.29) is 0 Å². The SMILES string of the molecule is CCCCCCCCOCCN(CCOCCCCCCCC)S[C@@H]1O[C@H](CO)[C@H](O)[C@H](O)[C@H]1O. The van der Waals surface area contributed by atoms with Crippen molar-refractivity contribution in [3.8, 4) is 0 Å². The van der Waals surface area contributed by atoms with Crippen molar-refractivity contribution in [1.29, 1.82) is 0 Å². The van der Waals surface area contributed by atoms with E-state index in [9.17, 15) is 20.4 Å². The fourth-order valence-electron chi connectivity index (χ4n) is 4.02. The Labute approximate surface area is 217 Å². The van der Waals surface area contributed by atoms with Gasteiger partial charge >= 0.3 is 0 Å². The Morgan fingerprint density at radius 2 is 1.14 bits per heavy atom. The van der Waals surface area contributed by atoms with Crippen LogP contribution in [0.2, 0.25) is 0 Å². The van der Waals surface area contributed by atoms with Gasteiger partial charge in [0.05, 0.1) is 19.8 Å². The first-order valence-corrected chi connectivity index (χ1v) is 14.8. The second-order valence-corrected chi connectivity index (χ2v) is 10.7. The normalized spacial score (nSPS) is 24.9. The van der Waals surface area contributed by atoms with Crippen molar-refractivity contribution in [3.05, 3.63) is 0 Å². The maximum absolute atomic E-state index is 10.4. The summed E-state index contributed by atoms with van der Waals surface area (Å²) in [5.74, 6) is 0. The van der Waals surface area contributed by atoms with E-state index in [1.165, 1.54) is 76.2 Å². The molecule has 0 aliphatic carbocycles. The van der Waals surface area contributed by atoms with Gasteiger partial charge in [0.1, 0.15) is 29.9 Å². The van der Waals surface area contributed by atoms with Crippen LogP contribution in [0.1, 0.15) is 90.9 Å². The van der Waals surface area contributed by atoms with Gasteiger partial charge in [0.2, 0.25) is 0 Å². The van der Waals surface area contributed by atoms with Gasteiger partial charge in [0.15, 0.2) is 0 Å². The summed E-state index contributed by atoms with van der Waals surface area (Å²) in [5, 5.41) is 40.0. The van der Waals surface area contributed by atoms with Gasteiger partial charge in [-0.05, 0) is 24.8 Å². The van der Waals surface area contributed by atoms with Gasteiger partial charge in [0.25, 0.3) is 0 Å². The van der Waals surface area contributed by atoms with Crippen LogP contribution in [0.25, 0.3) is 0 Å². The molecule has 4 N–H and O–H groups in total. The molecule has 0 unspecified atom stereocenters. The number of nitrogens with zero attached hydrogens (tertiary/aromatic N) is 1. The average molecular weight is 524 g/mol. The minimum atomic E-state index is -1.37. The number of rotatable bonds is 23. The van der Waals surface area contributed by atoms with Gasteiger partial charge in [-0.15, -0.1) is 0 Å². The summed E-state index contributed by atoms with van der Waals surface area (Å²) in [5.41, 5.74) is -0.789. The van der Waals surface area contributed by atoms with E-state index >= 15 is 0 Å². The number of hydrogen-bond donors (Lipinski definition) is 4. The lowest BCUT2D eigenvalue weighted by Gasteiger charge is -2.41. The molecule has 1 rings (SSSR count). The highest BCUT2D eigenvalue weighted by Gasteiger charge is 2.44. The Morgan fingerprint density at radius 1 is 0.657 bits per heavy atom. The molecule has 210 valence electrons. The highest BCUT2D eigenvalue weighted by atomic mass is 32.2. The molecule has 1 fully saturated rings. The van der Waals surface area contributed by atoms with Crippen LogP contribution >= 0.6 is 11.9 Å². The van der Waals surface area contributed by atoms with Crippen LogP contribution in [0.4, 0.5) is 0 Å². The van der Waals surface area contributed by atoms with Crippen molar-refractivity contribution in [2.45, 2.75) is 121 Å². The minimum absolute atomic E-state index is 0.426. The van der Waals surface area contributed by atoms with E-state index in [1.54, 1.807) is 0 Å². The van der Waals surface area contributed by atoms with Gasteiger partial charge in [-0.2, -0.15) is 0 Å². The molecule has 0 radical (unpaired) electrons. The van der Waals surface area contributed by atoms with Gasteiger partial charge < -0.3 is 34.6 Å². The molecule has 0 aromatic carbocycles. The van der Waals surface area contributed by atoms with Crippen molar-refractivity contribution < 1.29 is 34.6 Å². The Hall–Kier alpha value is 0.0300. The lowest BCUT2D eigenvalue weighted by molar-refractivity contribution is -0.206. The van der Waals surface area contributed by atoms with E-state index in [0.29, 0.717) is 26.3 Å². The van der Waals surface area contributed by atoms with Gasteiger partial charge in [-0.25, -0.2) is 4.31 Å². The lowest BCUT2D eigenvalue weighted by Crippen LogP contribution is -2.58. The molecule has 35 heavy (non-hydrogen) atoms. The predicted molar refractivity (Wildman–Crippen MR) is 141 cm³/mol. The first-order chi connectivity index (χ1) is 17.0. The summed E-state index contributed by atoms with van der Waals surface area (Å²) in [4.78, 5) is 0. The second-order valence-electron chi connectivity index (χ2n) is 9.49. The predicted octanol–water partition coefficient (Wildman–Crippen LogP) is 3.49. The second kappa shape index (κ2) is 22.1. The van der Waals surface area contributed by atoms with Crippen molar-refractivity contribution >= 4 is 11.9 Å². The highest BCUT2D eigenvalue weighted by Crippen LogP contribution is 2.30. The van der Waals surface area contributed by atoms with Crippen LogP contribution < -0.4 is 0 Å². The Bertz CT molecular complexity index is 453. The maximum Gasteiger partial charge on any atom is 0.146 e. The van der Waals surface area contributed by atoms with Crippen LogP contribution in [0.5, 0.6) is 0 Å². The van der Waals surface area contributed by atoms with Gasteiger partial charge in [-0.1, -0.05) is 78.1 Å². The molecule has 0 aromatic heterocycles. The number of unbranched alkanes of at least 4 members (excludes halogenated alkanes) is 10. The van der Waals surface area contributed by atoms with E-state index in [2.05, 4.69) is 13.8 Å². The Kier molecular flexibility index (Phi) is 20.8. The maximum atomic E-state index is 10.4. The number of aliphatic hydroxyl groups excluding tert-OH is 4. The summed E-state index contributed by atoms with van der Waals surface area (Å²) in [6.07, 6.45) is 9.82. The molecule has 1 heterocycles. The first kappa shape index (κ1) is 33.1. The molecule has 9 heteroatoms. The van der Waals surface area contributed by atoms with Crippen LogP contribution in [0.15, 0.2) is 0 Å². The van der Waals surface area contributed by atoms with Crippen molar-refractivity contribution in [2.24, 2.45) is 0 Å². The summed E-state index contributed by atoms with van der Waals surface area (Å²) >= 11 is 1.27. The van der Waals surface area contributed by atoms with Crippen molar-refractivity contribution in [2.75, 3.05) is 46.1 Å². The third kappa shape index (κ3) is 15.1. The standard InChI is InChI=1S/C26H53NO7S/c1-3-5-7-9-11-13-17-32-19-15-27(16-20-33-18-14-12-10-8-6-4-2)35-26-25(31)24(30)23(29)22(21-28)34-26/h22-26,28-31H,3-21H2,1-2H3/t22-,23+,24+,25-,26+/m1/s1. The minimum Gasteiger partial charge on any atom is -0.394 e. The average Bonchev–Trinajstić information content (AvgIpc) is 2.86. The van der Waals surface area contributed by atoms with Crippen molar-refractivity contribution in [1.82, 2.24) is 4.31 Å². The van der Waals surface area contributed by atoms with Crippen molar-refractivity contribution in [3.63, 3.8) is 0 Å². The number of ether oxygens (including phenoxy) is 3. The molecule has 1 aliphatic rings. The molecular weight excluding hydrogens is 470 g/mol. The smallest absolute Gasteiger partial charge is 0.146 e. The van der Waals surface area contributed by atoms with E-state index in [1.807, 2.05) is 4.31 Å². The topological polar surface area (TPSA) is 112 Å². The summed E-state index contributed by atoms with van der Waals surface area (Å²) in [6, 6.07) is 0. The summed E-state index contributed by atoms with van der Waals surface area (Å²) in [7, 11) is 0. The molecule has 1 aliphatic heterocycles. The third-order valence-corrected chi connectivity index (χ3v) is 7.62. The van der Waals surface area contributed by atoms with E-state index in [4.69, 9.17) is 14.2 Å². The van der Waals surface area contributed by atoms with Gasteiger partial charge in [-0.3, -0.25) is 0 Å². The Balaban J connectivity index is 2.39. The molecule has 0 bridgehead atoms. The van der Waals surface area contributed by atoms with Crippen LogP contribution in [-0.2, 0) is 14.2 Å². The zero-order valence-electron chi connectivity index (χ0n) is 22.2. The molecule has 5 atom stereocenters. The van der Waals surface area contributed by atoms with E-state index < -0.39 is 36.5 Å². The quantitative estimate of drug-likeness (QED) is 0.118. The zero-order valence-corrected chi connectivity index (χ0v) is 23.0. The fourth-order valence-corrected chi connectivity index (χ4v) is 5.16. The molecule has 0 spiro atoms. The number of hydrogen-bond acceptors (Lipinski definition) is 9. The van der Waals surface area contributed by atoms with Gasteiger partial charge in [0, 0.05) is 26.3 Å².